The van der Waals surface area contributed by atoms with Gasteiger partial charge in [-0.1, -0.05) is 0 Å². The third-order valence-electron chi connectivity index (χ3n) is 2.62. The second-order valence-electron chi connectivity index (χ2n) is 3.76. The van der Waals surface area contributed by atoms with Crippen molar-refractivity contribution in [2.75, 3.05) is 6.54 Å². The van der Waals surface area contributed by atoms with Gasteiger partial charge in [0.2, 0.25) is 0 Å². The summed E-state index contributed by atoms with van der Waals surface area (Å²) < 4.78 is 36.3. The van der Waals surface area contributed by atoms with Crippen LogP contribution in [0.3, 0.4) is 0 Å². The summed E-state index contributed by atoms with van der Waals surface area (Å²) in [6.07, 6.45) is 1.46. The van der Waals surface area contributed by atoms with Gasteiger partial charge in [-0.05, 0) is 36.6 Å². The molecule has 1 atom stereocenters. The molecule has 6 heteroatoms. The molecule has 0 radical (unpaired) electrons. The second kappa shape index (κ2) is 4.04. The van der Waals surface area contributed by atoms with E-state index in [4.69, 9.17) is 15.0 Å². The Morgan fingerprint density at radius 1 is 1.50 bits per heavy atom. The topological polar surface area (TPSA) is 89.6 Å². The predicted octanol–water partition coefficient (Wildman–Crippen LogP) is 0.586. The average molecular weight is 243 g/mol. The minimum Gasteiger partial charge on any atom is -0.489 e. The van der Waals surface area contributed by atoms with Crippen LogP contribution >= 0.6 is 0 Å². The van der Waals surface area contributed by atoms with E-state index >= 15 is 0 Å². The number of benzene rings is 1. The Balaban J connectivity index is 2.35. The van der Waals surface area contributed by atoms with Crippen molar-refractivity contribution in [3.8, 4) is 5.75 Å². The Bertz CT molecular complexity index is 498. The van der Waals surface area contributed by atoms with Crippen LogP contribution in [0.5, 0.6) is 5.75 Å². The fourth-order valence-electron chi connectivity index (χ4n) is 1.75. The lowest BCUT2D eigenvalue weighted by molar-refractivity contribution is 0.181. The number of rotatable bonds is 2. The van der Waals surface area contributed by atoms with Crippen molar-refractivity contribution in [2.45, 2.75) is 23.8 Å². The highest BCUT2D eigenvalue weighted by Crippen LogP contribution is 2.29. The molecule has 0 saturated heterocycles. The minimum absolute atomic E-state index is 0.0101. The summed E-state index contributed by atoms with van der Waals surface area (Å²) in [5.74, 6) is 0.647. The smallest absolute Gasteiger partial charge is 0.294 e. The number of ether oxygens (including phenoxy) is 1. The monoisotopic (exact) mass is 243 g/mol. The lowest BCUT2D eigenvalue weighted by Crippen LogP contribution is -2.30. The molecule has 1 heterocycles. The van der Waals surface area contributed by atoms with Gasteiger partial charge in [-0.2, -0.15) is 8.42 Å². The predicted molar refractivity (Wildman–Crippen MR) is 58.0 cm³/mol. The van der Waals surface area contributed by atoms with E-state index in [9.17, 15) is 8.42 Å². The molecule has 0 aromatic heterocycles. The molecule has 0 fully saturated rings. The summed E-state index contributed by atoms with van der Waals surface area (Å²) in [5, 5.41) is 0. The standard InChI is InChI=1S/C10H13NO4S/c11-6-8-2-1-7-5-9(16(12,13)14)3-4-10(7)15-8/h3-5,8H,1-2,6,11H2,(H,12,13,14). The highest BCUT2D eigenvalue weighted by Gasteiger charge is 2.20. The Labute approximate surface area is 94.0 Å². The molecule has 1 aromatic carbocycles. The van der Waals surface area contributed by atoms with Crippen molar-refractivity contribution >= 4 is 10.1 Å². The Kier molecular flexibility index (Phi) is 2.88. The van der Waals surface area contributed by atoms with E-state index in [0.29, 0.717) is 18.7 Å². The molecule has 0 aliphatic carbocycles. The van der Waals surface area contributed by atoms with Gasteiger partial charge in [-0.15, -0.1) is 0 Å². The van der Waals surface area contributed by atoms with Crippen molar-refractivity contribution in [3.05, 3.63) is 23.8 Å². The molecule has 0 bridgehead atoms. The van der Waals surface area contributed by atoms with Crippen LogP contribution in [0, 0.1) is 0 Å². The quantitative estimate of drug-likeness (QED) is 0.742. The fraction of sp³-hybridized carbons (Fsp3) is 0.400. The largest absolute Gasteiger partial charge is 0.489 e. The van der Waals surface area contributed by atoms with Crippen molar-refractivity contribution in [3.63, 3.8) is 0 Å². The van der Waals surface area contributed by atoms with Crippen molar-refractivity contribution < 1.29 is 17.7 Å². The summed E-state index contributed by atoms with van der Waals surface area (Å²) in [6, 6.07) is 4.32. The van der Waals surface area contributed by atoms with Gasteiger partial charge in [-0.3, -0.25) is 4.55 Å². The SMILES string of the molecule is NCC1CCc2cc(S(=O)(=O)O)ccc2O1. The number of fused-ring (bicyclic) bond motifs is 1. The fourth-order valence-corrected chi connectivity index (χ4v) is 2.28. The van der Waals surface area contributed by atoms with Crippen LogP contribution in [0.4, 0.5) is 0 Å². The first-order valence-corrected chi connectivity index (χ1v) is 6.42. The van der Waals surface area contributed by atoms with Crippen LogP contribution in [-0.2, 0) is 16.5 Å². The minimum atomic E-state index is -4.14. The number of aryl methyl sites for hydroxylation is 1. The number of hydrogen-bond donors (Lipinski definition) is 2. The maximum Gasteiger partial charge on any atom is 0.294 e. The number of hydrogen-bond acceptors (Lipinski definition) is 4. The third-order valence-corrected chi connectivity index (χ3v) is 3.47. The van der Waals surface area contributed by atoms with Gasteiger partial charge in [0.25, 0.3) is 10.1 Å². The molecule has 1 aliphatic heterocycles. The molecular weight excluding hydrogens is 230 g/mol. The lowest BCUT2D eigenvalue weighted by atomic mass is 10.0. The second-order valence-corrected chi connectivity index (χ2v) is 5.18. The molecule has 0 saturated carbocycles. The van der Waals surface area contributed by atoms with Crippen LogP contribution in [0.15, 0.2) is 23.1 Å². The average Bonchev–Trinajstić information content (AvgIpc) is 2.26. The van der Waals surface area contributed by atoms with E-state index in [1.807, 2.05) is 0 Å². The van der Waals surface area contributed by atoms with E-state index < -0.39 is 10.1 Å². The highest BCUT2D eigenvalue weighted by molar-refractivity contribution is 7.85. The molecule has 5 nitrogen and oxygen atoms in total. The van der Waals surface area contributed by atoms with Crippen molar-refractivity contribution in [1.82, 2.24) is 0 Å². The van der Waals surface area contributed by atoms with Crippen LogP contribution in [0.2, 0.25) is 0 Å². The van der Waals surface area contributed by atoms with E-state index in [0.717, 1.165) is 12.0 Å². The number of nitrogens with two attached hydrogens (primary N) is 1. The molecule has 0 amide bonds. The summed E-state index contributed by atoms with van der Waals surface area (Å²) in [6.45, 7) is 0.444. The molecule has 88 valence electrons. The van der Waals surface area contributed by atoms with Gasteiger partial charge >= 0.3 is 0 Å². The van der Waals surface area contributed by atoms with Crippen molar-refractivity contribution in [1.29, 1.82) is 0 Å². The van der Waals surface area contributed by atoms with E-state index in [2.05, 4.69) is 0 Å². The van der Waals surface area contributed by atoms with Gasteiger partial charge in [0, 0.05) is 6.54 Å². The maximum absolute atomic E-state index is 10.9. The van der Waals surface area contributed by atoms with Crippen LogP contribution in [0.1, 0.15) is 12.0 Å². The Morgan fingerprint density at radius 3 is 2.88 bits per heavy atom. The molecule has 1 aromatic rings. The van der Waals surface area contributed by atoms with Crippen LogP contribution in [0.25, 0.3) is 0 Å². The maximum atomic E-state index is 10.9. The Hall–Kier alpha value is -1.11. The summed E-state index contributed by atoms with van der Waals surface area (Å²) in [5.41, 5.74) is 6.29. The van der Waals surface area contributed by atoms with Gasteiger partial charge in [0.05, 0.1) is 4.90 Å². The zero-order chi connectivity index (χ0) is 11.8. The van der Waals surface area contributed by atoms with E-state index in [1.54, 1.807) is 6.07 Å². The molecule has 1 aliphatic rings. The van der Waals surface area contributed by atoms with Gasteiger partial charge < -0.3 is 10.5 Å². The Morgan fingerprint density at radius 2 is 2.25 bits per heavy atom. The molecule has 16 heavy (non-hydrogen) atoms. The van der Waals surface area contributed by atoms with Gasteiger partial charge in [-0.25, -0.2) is 0 Å². The molecule has 1 unspecified atom stereocenters. The first-order valence-electron chi connectivity index (χ1n) is 4.98. The summed E-state index contributed by atoms with van der Waals surface area (Å²) >= 11 is 0. The molecule has 2 rings (SSSR count). The highest BCUT2D eigenvalue weighted by atomic mass is 32.2. The molecule has 3 N–H and O–H groups in total. The van der Waals surface area contributed by atoms with E-state index in [-0.39, 0.29) is 11.0 Å². The lowest BCUT2D eigenvalue weighted by Gasteiger charge is -2.25. The first kappa shape index (κ1) is 11.4. The van der Waals surface area contributed by atoms with Crippen molar-refractivity contribution in [2.24, 2.45) is 5.73 Å². The zero-order valence-electron chi connectivity index (χ0n) is 8.59. The zero-order valence-corrected chi connectivity index (χ0v) is 9.40. The third kappa shape index (κ3) is 2.18. The van der Waals surface area contributed by atoms with E-state index in [1.165, 1.54) is 12.1 Å². The van der Waals surface area contributed by atoms with Gasteiger partial charge in [0.1, 0.15) is 11.9 Å². The van der Waals surface area contributed by atoms with Gasteiger partial charge in [0.15, 0.2) is 0 Å². The molecule has 0 spiro atoms. The summed E-state index contributed by atoms with van der Waals surface area (Å²) in [7, 11) is -4.14. The molecular formula is C10H13NO4S. The van der Waals surface area contributed by atoms with Crippen LogP contribution < -0.4 is 10.5 Å². The van der Waals surface area contributed by atoms with Crippen LogP contribution in [-0.4, -0.2) is 25.6 Å². The first-order chi connectivity index (χ1) is 7.50. The summed E-state index contributed by atoms with van der Waals surface area (Å²) in [4.78, 5) is -0.0963. The normalized spacial score (nSPS) is 20.0.